The van der Waals surface area contributed by atoms with Crippen molar-refractivity contribution in [1.29, 1.82) is 0 Å². The fourth-order valence-electron chi connectivity index (χ4n) is 1.86. The van der Waals surface area contributed by atoms with Crippen molar-refractivity contribution < 1.29 is 14.2 Å². The summed E-state index contributed by atoms with van der Waals surface area (Å²) in [6, 6.07) is 8.33. The molecule has 0 aliphatic carbocycles. The molecule has 20 heavy (non-hydrogen) atoms. The molecule has 114 valence electrons. The number of rotatable bonds is 10. The minimum absolute atomic E-state index is 0.185. The zero-order valence-corrected chi connectivity index (χ0v) is 13.0. The van der Waals surface area contributed by atoms with E-state index >= 15 is 0 Å². The van der Waals surface area contributed by atoms with Gasteiger partial charge in [-0.1, -0.05) is 12.1 Å². The number of likely N-dealkylation sites (N-methyl/N-ethyl adjacent to an activating group) is 1. The summed E-state index contributed by atoms with van der Waals surface area (Å²) in [5.74, 6) is 0.899. The third-order valence-corrected chi connectivity index (χ3v) is 2.86. The van der Waals surface area contributed by atoms with Gasteiger partial charge in [-0.25, -0.2) is 0 Å². The Morgan fingerprint density at radius 1 is 1.05 bits per heavy atom. The van der Waals surface area contributed by atoms with Crippen LogP contribution >= 0.6 is 0 Å². The van der Waals surface area contributed by atoms with Crippen molar-refractivity contribution in [2.24, 2.45) is 0 Å². The largest absolute Gasteiger partial charge is 0.491 e. The minimum Gasteiger partial charge on any atom is -0.491 e. The van der Waals surface area contributed by atoms with Gasteiger partial charge in [0, 0.05) is 6.61 Å². The van der Waals surface area contributed by atoms with Gasteiger partial charge >= 0.3 is 0 Å². The van der Waals surface area contributed by atoms with Crippen LogP contribution < -0.4 is 10.1 Å². The Kier molecular flexibility index (Phi) is 8.26. The highest BCUT2D eigenvalue weighted by Gasteiger charge is 2.09. The van der Waals surface area contributed by atoms with Gasteiger partial charge in [0.15, 0.2) is 0 Å². The van der Waals surface area contributed by atoms with Gasteiger partial charge in [0.1, 0.15) is 5.75 Å². The van der Waals surface area contributed by atoms with E-state index < -0.39 is 0 Å². The van der Waals surface area contributed by atoms with Gasteiger partial charge in [0.25, 0.3) is 0 Å². The molecule has 1 aromatic rings. The van der Waals surface area contributed by atoms with Gasteiger partial charge in [-0.15, -0.1) is 0 Å². The molecule has 1 unspecified atom stereocenters. The second-order valence-electron chi connectivity index (χ2n) is 4.85. The van der Waals surface area contributed by atoms with Crippen molar-refractivity contribution >= 4 is 0 Å². The molecule has 0 heterocycles. The maximum atomic E-state index is 5.64. The van der Waals surface area contributed by atoms with E-state index in [2.05, 4.69) is 17.4 Å². The second kappa shape index (κ2) is 9.75. The number of hydrogen-bond donors (Lipinski definition) is 1. The van der Waals surface area contributed by atoms with Crippen LogP contribution in [0.25, 0.3) is 0 Å². The van der Waals surface area contributed by atoms with Crippen molar-refractivity contribution in [3.63, 3.8) is 0 Å². The summed E-state index contributed by atoms with van der Waals surface area (Å²) in [6.45, 7) is 8.67. The molecule has 0 radical (unpaired) electrons. The Bertz CT molecular complexity index is 351. The van der Waals surface area contributed by atoms with Crippen LogP contribution in [0.3, 0.4) is 0 Å². The molecular weight excluding hydrogens is 254 g/mol. The molecule has 0 fully saturated rings. The van der Waals surface area contributed by atoms with E-state index in [4.69, 9.17) is 14.2 Å². The zero-order chi connectivity index (χ0) is 14.8. The first-order chi connectivity index (χ1) is 9.67. The number of ether oxygens (including phenoxy) is 3. The molecule has 1 atom stereocenters. The summed E-state index contributed by atoms with van der Waals surface area (Å²) in [5, 5.41) is 3.26. The molecule has 1 N–H and O–H groups in total. The Labute approximate surface area is 122 Å². The van der Waals surface area contributed by atoms with Crippen LogP contribution in [0.15, 0.2) is 24.3 Å². The van der Waals surface area contributed by atoms with Crippen molar-refractivity contribution in [2.45, 2.75) is 32.9 Å². The van der Waals surface area contributed by atoms with Gasteiger partial charge in [0.05, 0.1) is 32.0 Å². The zero-order valence-electron chi connectivity index (χ0n) is 13.0. The van der Waals surface area contributed by atoms with E-state index in [9.17, 15) is 0 Å². The van der Waals surface area contributed by atoms with Crippen LogP contribution in [-0.2, 0) is 9.47 Å². The second-order valence-corrected chi connectivity index (χ2v) is 4.85. The van der Waals surface area contributed by atoms with E-state index in [0.29, 0.717) is 19.8 Å². The summed E-state index contributed by atoms with van der Waals surface area (Å²) >= 11 is 0. The first kappa shape index (κ1) is 17.0. The molecule has 0 aromatic heterocycles. The molecule has 1 aromatic carbocycles. The van der Waals surface area contributed by atoms with Crippen molar-refractivity contribution in [3.8, 4) is 5.75 Å². The molecule has 0 aliphatic heterocycles. The van der Waals surface area contributed by atoms with Crippen LogP contribution in [0.4, 0.5) is 0 Å². The van der Waals surface area contributed by atoms with Crippen molar-refractivity contribution in [2.75, 3.05) is 33.5 Å². The lowest BCUT2D eigenvalue weighted by Crippen LogP contribution is -2.22. The van der Waals surface area contributed by atoms with E-state index in [1.54, 1.807) is 0 Å². The molecule has 4 nitrogen and oxygen atoms in total. The van der Waals surface area contributed by atoms with Crippen LogP contribution in [0, 0.1) is 0 Å². The quantitative estimate of drug-likeness (QED) is 0.669. The third-order valence-electron chi connectivity index (χ3n) is 2.86. The van der Waals surface area contributed by atoms with Crippen molar-refractivity contribution in [3.05, 3.63) is 29.8 Å². The summed E-state index contributed by atoms with van der Waals surface area (Å²) in [6.07, 6.45) is 0.197. The van der Waals surface area contributed by atoms with Crippen LogP contribution in [0.5, 0.6) is 5.75 Å². The molecule has 4 heteroatoms. The lowest BCUT2D eigenvalue weighted by atomic mass is 10.1. The topological polar surface area (TPSA) is 39.7 Å². The van der Waals surface area contributed by atoms with Crippen LogP contribution in [0.1, 0.15) is 32.4 Å². The fourth-order valence-corrected chi connectivity index (χ4v) is 1.86. The highest BCUT2D eigenvalue weighted by Crippen LogP contribution is 2.18. The molecule has 0 amide bonds. The third kappa shape index (κ3) is 6.37. The van der Waals surface area contributed by atoms with E-state index in [0.717, 1.165) is 12.4 Å². The summed E-state index contributed by atoms with van der Waals surface area (Å²) in [5.41, 5.74) is 1.19. The van der Waals surface area contributed by atoms with E-state index in [-0.39, 0.29) is 12.1 Å². The Balaban J connectivity index is 2.44. The predicted molar refractivity (Wildman–Crippen MR) is 81.3 cm³/mol. The SMILES string of the molecule is CCOCCOCC(NC)c1ccc(OC(C)C)cc1. The lowest BCUT2D eigenvalue weighted by molar-refractivity contribution is 0.0441. The van der Waals surface area contributed by atoms with Crippen LogP contribution in [-0.4, -0.2) is 39.6 Å². The van der Waals surface area contributed by atoms with E-state index in [1.807, 2.05) is 40.0 Å². The molecule has 1 rings (SSSR count). The Morgan fingerprint density at radius 2 is 1.70 bits per heavy atom. The van der Waals surface area contributed by atoms with E-state index in [1.165, 1.54) is 5.56 Å². The number of benzene rings is 1. The lowest BCUT2D eigenvalue weighted by Gasteiger charge is -2.18. The maximum absolute atomic E-state index is 5.64. The number of hydrogen-bond acceptors (Lipinski definition) is 4. The monoisotopic (exact) mass is 281 g/mol. The summed E-state index contributed by atoms with van der Waals surface area (Å²) < 4.78 is 16.5. The van der Waals surface area contributed by atoms with Gasteiger partial charge < -0.3 is 19.5 Å². The Morgan fingerprint density at radius 3 is 2.25 bits per heavy atom. The summed E-state index contributed by atoms with van der Waals surface area (Å²) in [4.78, 5) is 0. The van der Waals surface area contributed by atoms with Crippen LogP contribution in [0.2, 0.25) is 0 Å². The highest BCUT2D eigenvalue weighted by molar-refractivity contribution is 5.29. The maximum Gasteiger partial charge on any atom is 0.119 e. The highest BCUT2D eigenvalue weighted by atomic mass is 16.5. The normalized spacial score (nSPS) is 12.7. The van der Waals surface area contributed by atoms with Gasteiger partial charge in [0.2, 0.25) is 0 Å². The van der Waals surface area contributed by atoms with Gasteiger partial charge in [-0.2, -0.15) is 0 Å². The predicted octanol–water partition coefficient (Wildman–Crippen LogP) is 2.79. The summed E-state index contributed by atoms with van der Waals surface area (Å²) in [7, 11) is 1.94. The minimum atomic E-state index is 0.185. The van der Waals surface area contributed by atoms with Gasteiger partial charge in [-0.3, -0.25) is 0 Å². The fraction of sp³-hybridized carbons (Fsp3) is 0.625. The first-order valence-corrected chi connectivity index (χ1v) is 7.26. The average Bonchev–Trinajstić information content (AvgIpc) is 2.43. The molecule has 0 bridgehead atoms. The standard InChI is InChI=1S/C16H27NO3/c1-5-18-10-11-19-12-16(17-4)14-6-8-15(9-7-14)20-13(2)3/h6-9,13,16-17H,5,10-12H2,1-4H3. The smallest absolute Gasteiger partial charge is 0.119 e. The molecule has 0 aliphatic rings. The van der Waals surface area contributed by atoms with Gasteiger partial charge in [-0.05, 0) is 45.5 Å². The number of nitrogens with one attached hydrogen (secondary N) is 1. The first-order valence-electron chi connectivity index (χ1n) is 7.26. The molecule has 0 saturated heterocycles. The molecule has 0 saturated carbocycles. The molecular formula is C16H27NO3. The van der Waals surface area contributed by atoms with Crippen molar-refractivity contribution in [1.82, 2.24) is 5.32 Å². The average molecular weight is 281 g/mol. The molecule has 0 spiro atoms. The Hall–Kier alpha value is -1.10.